The molecule has 6 atom stereocenters. The Morgan fingerprint density at radius 2 is 1.56 bits per heavy atom. The Morgan fingerprint density at radius 1 is 0.857 bits per heavy atom. The van der Waals surface area contributed by atoms with E-state index < -0.39 is 58.9 Å². The minimum atomic E-state index is -1.75. The van der Waals surface area contributed by atoms with Crippen LogP contribution in [-0.2, 0) is 24.5 Å². The summed E-state index contributed by atoms with van der Waals surface area (Å²) in [7, 11) is 0. The summed E-state index contributed by atoms with van der Waals surface area (Å²) in [5, 5.41) is 27.7. The maximum Gasteiger partial charge on any atom is 0.324 e. The predicted molar refractivity (Wildman–Crippen MR) is 240 cm³/mol. The number of nitrogens with zero attached hydrogens (tertiary/aromatic N) is 2. The van der Waals surface area contributed by atoms with Crippen LogP contribution in [0.2, 0.25) is 0 Å². The average molecular weight is 859 g/mol. The van der Waals surface area contributed by atoms with E-state index in [1.165, 1.54) is 11.3 Å². The van der Waals surface area contributed by atoms with Crippen molar-refractivity contribution in [2.45, 2.75) is 73.8 Å². The summed E-state index contributed by atoms with van der Waals surface area (Å²) in [5.41, 5.74) is 1.62. The molecule has 4 N–H and O–H groups in total. The molecule has 4 aliphatic rings. The zero-order valence-electron chi connectivity index (χ0n) is 34.4. The van der Waals surface area contributed by atoms with Crippen LogP contribution >= 0.6 is 11.3 Å². The molecule has 318 valence electrons. The number of carbonyl (C=O) groups excluding carboxylic acids is 3. The fourth-order valence-electron chi connectivity index (χ4n) is 10.3. The number of cyclic esters (lactones) is 1. The van der Waals surface area contributed by atoms with Gasteiger partial charge in [0.2, 0.25) is 11.8 Å². The second-order valence-electron chi connectivity index (χ2n) is 16.8. The number of morpholine rings is 1. The molecule has 1 aromatic heterocycles. The molecule has 6 aromatic rings. The number of benzene rings is 5. The molecular formula is C51H46N4O7S. The fourth-order valence-corrected chi connectivity index (χ4v) is 11.2. The molecule has 5 aromatic carbocycles. The lowest BCUT2D eigenvalue weighted by atomic mass is 9.65. The van der Waals surface area contributed by atoms with Crippen molar-refractivity contribution in [1.29, 1.82) is 0 Å². The summed E-state index contributed by atoms with van der Waals surface area (Å²) in [5.74, 6) is 3.94. The van der Waals surface area contributed by atoms with Gasteiger partial charge in [0.1, 0.15) is 35.5 Å². The van der Waals surface area contributed by atoms with Crippen molar-refractivity contribution in [3.05, 3.63) is 155 Å². The number of esters is 1. The molecule has 63 heavy (non-hydrogen) atoms. The number of nitrogens with one attached hydrogen (secondary N) is 2. The molecule has 2 amide bonds. The molecule has 3 aliphatic heterocycles. The van der Waals surface area contributed by atoms with Crippen LogP contribution in [0.25, 0.3) is 10.2 Å². The molecule has 1 spiro atoms. The van der Waals surface area contributed by atoms with E-state index in [4.69, 9.17) is 14.5 Å². The number of thiazole rings is 1. The first-order chi connectivity index (χ1) is 30.8. The van der Waals surface area contributed by atoms with Gasteiger partial charge >= 0.3 is 5.97 Å². The van der Waals surface area contributed by atoms with Crippen LogP contribution in [0, 0.1) is 17.8 Å². The first-order valence-electron chi connectivity index (χ1n) is 21.6. The lowest BCUT2D eigenvalue weighted by molar-refractivity contribution is -0.177. The van der Waals surface area contributed by atoms with Gasteiger partial charge in [0.25, 0.3) is 0 Å². The molecule has 10 rings (SSSR count). The van der Waals surface area contributed by atoms with Crippen molar-refractivity contribution in [2.24, 2.45) is 5.92 Å². The number of hydrogen-bond acceptors (Lipinski definition) is 10. The van der Waals surface area contributed by atoms with Crippen molar-refractivity contribution in [1.82, 2.24) is 9.88 Å². The highest BCUT2D eigenvalue weighted by Gasteiger charge is 2.74. The molecule has 4 heterocycles. The molecule has 0 radical (unpaired) electrons. The molecule has 0 unspecified atom stereocenters. The molecule has 12 heteroatoms. The Labute approximate surface area is 369 Å². The number of aliphatic hydroxyl groups is 2. The molecular weight excluding hydrogens is 813 g/mol. The van der Waals surface area contributed by atoms with Gasteiger partial charge in [-0.25, -0.2) is 4.98 Å². The zero-order chi connectivity index (χ0) is 43.1. The lowest BCUT2D eigenvalue weighted by Gasteiger charge is -2.46. The third-order valence-electron chi connectivity index (χ3n) is 13.0. The second-order valence-corrected chi connectivity index (χ2v) is 17.8. The summed E-state index contributed by atoms with van der Waals surface area (Å²) in [6.07, 6.45) is 4.18. The van der Waals surface area contributed by atoms with Crippen molar-refractivity contribution < 1.29 is 34.1 Å². The Bertz CT molecular complexity index is 2710. The van der Waals surface area contributed by atoms with Gasteiger partial charge in [-0.3, -0.25) is 19.3 Å². The zero-order valence-corrected chi connectivity index (χ0v) is 35.2. The van der Waals surface area contributed by atoms with Crippen LogP contribution in [0.15, 0.2) is 127 Å². The van der Waals surface area contributed by atoms with Crippen LogP contribution in [0.1, 0.15) is 84.5 Å². The van der Waals surface area contributed by atoms with Crippen molar-refractivity contribution in [3.63, 3.8) is 0 Å². The molecule has 1 aliphatic carbocycles. The summed E-state index contributed by atoms with van der Waals surface area (Å²) in [6.45, 7) is -0.0833. The maximum atomic E-state index is 15.6. The largest absolute Gasteiger partial charge is 0.491 e. The van der Waals surface area contributed by atoms with Gasteiger partial charge in [-0.1, -0.05) is 121 Å². The molecule has 11 nitrogen and oxygen atoms in total. The Hall–Kier alpha value is -6.36. The minimum absolute atomic E-state index is 0.0876. The van der Waals surface area contributed by atoms with E-state index >= 15 is 14.4 Å². The number of anilines is 2. The third-order valence-corrected chi connectivity index (χ3v) is 14.0. The predicted octanol–water partition coefficient (Wildman–Crippen LogP) is 8.01. The van der Waals surface area contributed by atoms with E-state index in [2.05, 4.69) is 22.5 Å². The number of para-hydroxylation sites is 1. The van der Waals surface area contributed by atoms with Crippen LogP contribution in [0.4, 0.5) is 10.8 Å². The number of fused-ring (bicyclic) bond motifs is 4. The number of rotatable bonds is 8. The number of ether oxygens (including phenoxy) is 2. The number of hydrogen-bond donors (Lipinski definition) is 4. The highest BCUT2D eigenvalue weighted by atomic mass is 32.1. The number of amides is 2. The maximum absolute atomic E-state index is 15.6. The van der Waals surface area contributed by atoms with E-state index in [1.807, 2.05) is 114 Å². The first kappa shape index (κ1) is 40.7. The van der Waals surface area contributed by atoms with Crippen LogP contribution in [-0.4, -0.2) is 62.7 Å². The summed E-state index contributed by atoms with van der Waals surface area (Å²) >= 11 is 1.31. The second kappa shape index (κ2) is 16.7. The Morgan fingerprint density at radius 3 is 2.27 bits per heavy atom. The van der Waals surface area contributed by atoms with E-state index in [1.54, 1.807) is 18.2 Å². The van der Waals surface area contributed by atoms with Gasteiger partial charge in [-0.15, -0.1) is 0 Å². The minimum Gasteiger partial charge on any atom is -0.491 e. The molecule has 1 saturated carbocycles. The third kappa shape index (κ3) is 7.25. The molecule has 0 bridgehead atoms. The average Bonchev–Trinajstić information content (AvgIpc) is 3.89. The van der Waals surface area contributed by atoms with E-state index in [9.17, 15) is 10.2 Å². The Kier molecular flexibility index (Phi) is 10.8. The molecule has 2 saturated heterocycles. The van der Waals surface area contributed by atoms with Crippen molar-refractivity contribution in [2.75, 3.05) is 23.8 Å². The normalized spacial score (nSPS) is 25.0. The summed E-state index contributed by atoms with van der Waals surface area (Å²) in [6, 6.07) is 36.7. The van der Waals surface area contributed by atoms with Gasteiger partial charge in [-0.2, -0.15) is 0 Å². The van der Waals surface area contributed by atoms with Gasteiger partial charge in [0, 0.05) is 11.3 Å². The lowest BCUT2D eigenvalue weighted by Crippen LogP contribution is -2.53. The van der Waals surface area contributed by atoms with Crippen LogP contribution in [0.5, 0.6) is 5.75 Å². The van der Waals surface area contributed by atoms with E-state index in [-0.39, 0.29) is 13.2 Å². The van der Waals surface area contributed by atoms with Gasteiger partial charge in [0.15, 0.2) is 5.13 Å². The van der Waals surface area contributed by atoms with Gasteiger partial charge in [0.05, 0.1) is 34.8 Å². The fraction of sp³-hybridized carbons (Fsp3) is 0.294. The van der Waals surface area contributed by atoms with E-state index in [0.29, 0.717) is 51.6 Å². The highest BCUT2D eigenvalue weighted by molar-refractivity contribution is 7.22. The van der Waals surface area contributed by atoms with Crippen LogP contribution < -0.4 is 15.4 Å². The SMILES string of the molecule is O=C1O[C@@H](c2ccccc2)[C@@H](c2ccccc2)N2[C@@H](c3ccc(OCCO)cc3)[C@]3(C(=O)Nc4ccc(C#CC5(O)CCCCCC5)cc43)[C@@H](C(=O)Nc3nc4ccccc4s3)[C@H]12. The van der Waals surface area contributed by atoms with Gasteiger partial charge < -0.3 is 30.3 Å². The standard InChI is InChI=1S/C51H46N4O7S/c56-29-30-61-36-22-20-35(21-23-36)45-51(37-31-32(19-24-38(37)52-48(51)59)25-28-50(60)26-11-1-2-12-27-50)41(46(57)54-49-53-39-17-9-10-18-40(39)63-49)43-47(58)62-44(34-15-7-4-8-16-34)42(55(43)45)33-13-5-3-6-14-33/h3-10,13-24,31,41-45,56,60H,1-2,11-12,26-27,29-30H2,(H,52,59)(H,53,54,57)/t41-,42-,43-,44+,45+,51-/m1/s1. The number of aromatic nitrogens is 1. The monoisotopic (exact) mass is 858 g/mol. The van der Waals surface area contributed by atoms with Crippen molar-refractivity contribution in [3.8, 4) is 17.6 Å². The number of carbonyl (C=O) groups is 3. The molecule has 3 fully saturated rings. The number of aliphatic hydroxyl groups excluding tert-OH is 1. The quantitative estimate of drug-likeness (QED) is 0.0678. The van der Waals surface area contributed by atoms with Crippen molar-refractivity contribution >= 4 is 50.2 Å². The Balaban J connectivity index is 1.22. The topological polar surface area (TPSA) is 150 Å². The smallest absolute Gasteiger partial charge is 0.324 e. The highest BCUT2D eigenvalue weighted by Crippen LogP contribution is 2.65. The summed E-state index contributed by atoms with van der Waals surface area (Å²) < 4.78 is 13.2. The van der Waals surface area contributed by atoms with E-state index in [0.717, 1.165) is 41.5 Å². The van der Waals surface area contributed by atoms with Crippen LogP contribution in [0.3, 0.4) is 0 Å². The van der Waals surface area contributed by atoms with Gasteiger partial charge in [-0.05, 0) is 90.4 Å². The first-order valence-corrected chi connectivity index (χ1v) is 22.4. The summed E-state index contributed by atoms with van der Waals surface area (Å²) in [4.78, 5) is 53.1.